The van der Waals surface area contributed by atoms with Crippen molar-refractivity contribution in [3.05, 3.63) is 80.2 Å². The van der Waals surface area contributed by atoms with E-state index in [-0.39, 0.29) is 34.2 Å². The molecule has 1 heterocycles. The summed E-state index contributed by atoms with van der Waals surface area (Å²) >= 11 is 7.02. The molecule has 0 saturated carbocycles. The average molecular weight is 523 g/mol. The van der Waals surface area contributed by atoms with Crippen molar-refractivity contribution < 1.29 is 32.8 Å². The Hall–Kier alpha value is -3.83. The van der Waals surface area contributed by atoms with E-state index in [2.05, 4.69) is 10.1 Å². The van der Waals surface area contributed by atoms with Crippen molar-refractivity contribution in [2.24, 2.45) is 0 Å². The molecule has 0 spiro atoms. The Morgan fingerprint density at radius 1 is 1.23 bits per heavy atom. The van der Waals surface area contributed by atoms with E-state index in [1.165, 1.54) is 0 Å². The number of nitrogens with zero attached hydrogens (tertiary/aromatic N) is 1. The third-order valence-corrected chi connectivity index (χ3v) is 5.64. The number of nitrogens with one attached hydrogen (secondary N) is 1. The van der Waals surface area contributed by atoms with Crippen molar-refractivity contribution in [3.8, 4) is 16.9 Å². The number of hydrogen-bond acceptors (Lipinski definition) is 7. The van der Waals surface area contributed by atoms with Crippen molar-refractivity contribution in [1.82, 2.24) is 0 Å². The van der Waals surface area contributed by atoms with Gasteiger partial charge in [-0.3, -0.25) is 14.9 Å². The number of esters is 1. The fourth-order valence-electron chi connectivity index (χ4n) is 3.00. The minimum Gasteiger partial charge on any atom is -0.462 e. The fourth-order valence-corrected chi connectivity index (χ4v) is 4.09. The quantitative estimate of drug-likeness (QED) is 0.151. The van der Waals surface area contributed by atoms with E-state index in [9.17, 15) is 28.5 Å². The molecule has 3 aromatic rings. The van der Waals surface area contributed by atoms with Gasteiger partial charge in [-0.25, -0.2) is 4.79 Å². The van der Waals surface area contributed by atoms with Crippen LogP contribution in [0.5, 0.6) is 5.75 Å². The second kappa shape index (κ2) is 11.5. The minimum absolute atomic E-state index is 0.103. The lowest BCUT2D eigenvalue weighted by molar-refractivity contribution is -0.384. The minimum atomic E-state index is -3.16. The molecule has 0 aliphatic heterocycles. The Kier molecular flexibility index (Phi) is 8.50. The summed E-state index contributed by atoms with van der Waals surface area (Å²) in [5.41, 5.74) is 0.860. The van der Waals surface area contributed by atoms with Gasteiger partial charge < -0.3 is 14.8 Å². The van der Waals surface area contributed by atoms with Crippen molar-refractivity contribution in [2.45, 2.75) is 13.5 Å². The topological polar surface area (TPSA) is 108 Å². The van der Waals surface area contributed by atoms with Gasteiger partial charge in [-0.2, -0.15) is 8.78 Å². The maximum Gasteiger partial charge on any atom is 0.387 e. The van der Waals surface area contributed by atoms with Crippen molar-refractivity contribution in [1.29, 1.82) is 0 Å². The highest BCUT2D eigenvalue weighted by atomic mass is 35.5. The number of rotatable bonds is 9. The van der Waals surface area contributed by atoms with Crippen molar-refractivity contribution in [2.75, 3.05) is 11.9 Å². The molecular formula is C23H17ClF2N2O6S. The third-order valence-electron chi connectivity index (χ3n) is 4.50. The molecule has 182 valence electrons. The Morgan fingerprint density at radius 3 is 2.57 bits per heavy atom. The van der Waals surface area contributed by atoms with Crippen LogP contribution in [-0.2, 0) is 9.53 Å². The van der Waals surface area contributed by atoms with Gasteiger partial charge >= 0.3 is 12.6 Å². The van der Waals surface area contributed by atoms with E-state index in [1.54, 1.807) is 36.6 Å². The molecule has 1 N–H and O–H groups in total. The van der Waals surface area contributed by atoms with E-state index in [0.717, 1.165) is 41.7 Å². The number of halogens is 3. The molecule has 2 aromatic carbocycles. The van der Waals surface area contributed by atoms with Crippen LogP contribution >= 0.6 is 22.9 Å². The Labute approximate surface area is 206 Å². The lowest BCUT2D eigenvalue weighted by Gasteiger charge is -2.09. The molecule has 1 aromatic heterocycles. The summed E-state index contributed by atoms with van der Waals surface area (Å²) in [6, 6.07) is 9.75. The predicted octanol–water partition coefficient (Wildman–Crippen LogP) is 6.41. The molecule has 0 bridgehead atoms. The van der Waals surface area contributed by atoms with Gasteiger partial charge in [0.25, 0.3) is 5.69 Å². The van der Waals surface area contributed by atoms with Crippen molar-refractivity contribution in [3.63, 3.8) is 0 Å². The van der Waals surface area contributed by atoms with Gasteiger partial charge in [0.1, 0.15) is 16.3 Å². The third kappa shape index (κ3) is 6.61. The van der Waals surface area contributed by atoms with E-state index in [1.807, 2.05) is 0 Å². The zero-order chi connectivity index (χ0) is 25.5. The van der Waals surface area contributed by atoms with Gasteiger partial charge in [0.15, 0.2) is 0 Å². The number of hydrogen-bond donors (Lipinski definition) is 1. The number of benzene rings is 2. The first kappa shape index (κ1) is 25.8. The van der Waals surface area contributed by atoms with Gasteiger partial charge in [-0.05, 0) is 36.8 Å². The average Bonchev–Trinajstić information content (AvgIpc) is 3.22. The highest BCUT2D eigenvalue weighted by molar-refractivity contribution is 7.15. The van der Waals surface area contributed by atoms with Crippen LogP contribution in [-0.4, -0.2) is 30.0 Å². The van der Waals surface area contributed by atoms with Gasteiger partial charge in [0.2, 0.25) is 5.91 Å². The van der Waals surface area contributed by atoms with Crippen LogP contribution in [0.1, 0.15) is 22.8 Å². The Morgan fingerprint density at radius 2 is 1.94 bits per heavy atom. The van der Waals surface area contributed by atoms with E-state index >= 15 is 0 Å². The Bertz CT molecular complexity index is 1280. The summed E-state index contributed by atoms with van der Waals surface area (Å²) in [7, 11) is 0. The molecule has 0 unspecified atom stereocenters. The summed E-state index contributed by atoms with van der Waals surface area (Å²) in [4.78, 5) is 35.5. The van der Waals surface area contributed by atoms with E-state index in [4.69, 9.17) is 16.3 Å². The standard InChI is InChI=1S/C23H17ClF2N2O6S/c1-2-33-22(30)20-17(13-3-6-15(24)7-4-13)12-35-21(20)27-19(29)10-5-14-11-16(28(31)32)8-9-18(14)34-23(25)26/h3-12,23H,2H2,1H3,(H,27,29). The monoisotopic (exact) mass is 522 g/mol. The summed E-state index contributed by atoms with van der Waals surface area (Å²) in [5, 5.41) is 16.0. The number of amides is 1. The van der Waals surface area contributed by atoms with Crippen LogP contribution in [0.25, 0.3) is 17.2 Å². The SMILES string of the molecule is CCOC(=O)c1c(-c2ccc(Cl)cc2)csc1NC(=O)C=Cc1cc([N+](=O)[O-])ccc1OC(F)F. The number of carbonyl (C=O) groups is 2. The van der Waals surface area contributed by atoms with E-state index < -0.39 is 23.4 Å². The molecular weight excluding hydrogens is 506 g/mol. The second-order valence-electron chi connectivity index (χ2n) is 6.76. The maximum atomic E-state index is 12.7. The van der Waals surface area contributed by atoms with Crippen LogP contribution in [0.3, 0.4) is 0 Å². The van der Waals surface area contributed by atoms with Gasteiger partial charge in [-0.15, -0.1) is 11.3 Å². The first-order chi connectivity index (χ1) is 16.7. The number of nitro groups is 1. The highest BCUT2D eigenvalue weighted by Gasteiger charge is 2.22. The number of alkyl halides is 2. The summed E-state index contributed by atoms with van der Waals surface area (Å²) in [6.45, 7) is -1.41. The number of nitro benzene ring substituents is 1. The predicted molar refractivity (Wildman–Crippen MR) is 128 cm³/mol. The molecule has 0 fully saturated rings. The molecule has 0 atom stereocenters. The van der Waals surface area contributed by atoms with Crippen molar-refractivity contribution >= 4 is 51.6 Å². The largest absolute Gasteiger partial charge is 0.462 e. The molecule has 0 aliphatic rings. The Balaban J connectivity index is 1.90. The number of non-ortho nitro benzene ring substituents is 1. The molecule has 8 nitrogen and oxygen atoms in total. The molecule has 1 amide bonds. The second-order valence-corrected chi connectivity index (χ2v) is 8.08. The zero-order valence-electron chi connectivity index (χ0n) is 18.0. The van der Waals surface area contributed by atoms with Crippen LogP contribution < -0.4 is 10.1 Å². The van der Waals surface area contributed by atoms with Gasteiger partial charge in [0, 0.05) is 39.7 Å². The highest BCUT2D eigenvalue weighted by Crippen LogP contribution is 2.37. The molecule has 0 radical (unpaired) electrons. The van der Waals surface area contributed by atoms with Crippen LogP contribution in [0.2, 0.25) is 5.02 Å². The van der Waals surface area contributed by atoms with Gasteiger partial charge in [-0.1, -0.05) is 23.7 Å². The van der Waals surface area contributed by atoms with Gasteiger partial charge in [0.05, 0.1) is 11.5 Å². The normalized spacial score (nSPS) is 11.0. The first-order valence-corrected chi connectivity index (χ1v) is 11.2. The lowest BCUT2D eigenvalue weighted by atomic mass is 10.0. The van der Waals surface area contributed by atoms with Crippen LogP contribution in [0.4, 0.5) is 19.5 Å². The summed E-state index contributed by atoms with van der Waals surface area (Å²) < 4.78 is 34.9. The number of anilines is 1. The maximum absolute atomic E-state index is 12.7. The molecule has 0 aliphatic carbocycles. The fraction of sp³-hybridized carbons (Fsp3) is 0.130. The number of carbonyl (C=O) groups excluding carboxylic acids is 2. The van der Waals surface area contributed by atoms with E-state index in [0.29, 0.717) is 16.1 Å². The summed E-state index contributed by atoms with van der Waals surface area (Å²) in [6.07, 6.45) is 2.08. The van der Waals surface area contributed by atoms with Crippen LogP contribution in [0.15, 0.2) is 53.9 Å². The zero-order valence-corrected chi connectivity index (χ0v) is 19.6. The molecule has 3 rings (SSSR count). The lowest BCUT2D eigenvalue weighted by Crippen LogP contribution is -2.12. The smallest absolute Gasteiger partial charge is 0.387 e. The summed E-state index contributed by atoms with van der Waals surface area (Å²) in [5.74, 6) is -1.71. The molecule has 35 heavy (non-hydrogen) atoms. The molecule has 12 heteroatoms. The number of thiophene rings is 1. The van der Waals surface area contributed by atoms with Crippen LogP contribution in [0, 0.1) is 10.1 Å². The molecule has 0 saturated heterocycles. The number of ether oxygens (including phenoxy) is 2. The first-order valence-electron chi connectivity index (χ1n) is 9.96.